The van der Waals surface area contributed by atoms with Crippen molar-refractivity contribution in [2.75, 3.05) is 31.1 Å². The number of para-hydroxylation sites is 1. The Labute approximate surface area is 193 Å². The Balaban J connectivity index is 1.32. The van der Waals surface area contributed by atoms with E-state index in [0.717, 1.165) is 10.6 Å². The van der Waals surface area contributed by atoms with Gasteiger partial charge < -0.3 is 19.6 Å². The lowest BCUT2D eigenvalue weighted by Gasteiger charge is -2.44. The third kappa shape index (κ3) is 3.71. The molecule has 34 heavy (non-hydrogen) atoms. The van der Waals surface area contributed by atoms with Crippen LogP contribution in [0.1, 0.15) is 25.3 Å². The number of carbonyl (C=O) groups excluding carboxylic acids is 2. The van der Waals surface area contributed by atoms with E-state index in [-0.39, 0.29) is 43.6 Å². The Morgan fingerprint density at radius 1 is 1.18 bits per heavy atom. The number of carbonyl (C=O) groups is 3. The number of alkyl halides is 1. The van der Waals surface area contributed by atoms with Crippen LogP contribution >= 0.6 is 0 Å². The highest BCUT2D eigenvalue weighted by Crippen LogP contribution is 2.33. The van der Waals surface area contributed by atoms with Gasteiger partial charge in [-0.3, -0.25) is 24.0 Å². The summed E-state index contributed by atoms with van der Waals surface area (Å²) in [6.45, 7) is 1.06. The molecule has 4 heterocycles. The molecule has 182 valence electrons. The highest BCUT2D eigenvalue weighted by molar-refractivity contribution is 6.00. The first kappa shape index (κ1) is 22.4. The molecule has 3 fully saturated rings. The molecule has 2 N–H and O–H groups in total. The number of ether oxygens (including phenoxy) is 1. The van der Waals surface area contributed by atoms with Gasteiger partial charge in [0.2, 0.25) is 11.8 Å². The molecule has 1 aromatic heterocycles. The number of anilines is 1. The number of carboxylic acid groups (broad SMARTS) is 1. The zero-order valence-electron chi connectivity index (χ0n) is 18.6. The van der Waals surface area contributed by atoms with Gasteiger partial charge in [0.25, 0.3) is 0 Å². The van der Waals surface area contributed by atoms with Crippen LogP contribution in [0, 0.1) is 0 Å². The molecular weight excluding hydrogens is 449 g/mol. The molecule has 0 spiro atoms. The molecule has 3 aliphatic rings. The van der Waals surface area contributed by atoms with Crippen molar-refractivity contribution in [2.24, 2.45) is 7.05 Å². The summed E-state index contributed by atoms with van der Waals surface area (Å²) >= 11 is 0. The molecule has 3 atom stereocenters. The number of nitrogens with zero attached hydrogens (tertiary/aromatic N) is 4. The van der Waals surface area contributed by atoms with Crippen molar-refractivity contribution < 1.29 is 28.6 Å². The Kier molecular flexibility index (Phi) is 5.54. The molecule has 0 bridgehead atoms. The number of imide groups is 1. The summed E-state index contributed by atoms with van der Waals surface area (Å²) in [4.78, 5) is 51.1. The fourth-order valence-electron chi connectivity index (χ4n) is 5.08. The van der Waals surface area contributed by atoms with E-state index in [1.165, 1.54) is 9.13 Å². The minimum absolute atomic E-state index is 0.172. The summed E-state index contributed by atoms with van der Waals surface area (Å²) in [5, 5.41) is 11.3. The Morgan fingerprint density at radius 3 is 2.62 bits per heavy atom. The molecule has 1 unspecified atom stereocenters. The van der Waals surface area contributed by atoms with Gasteiger partial charge in [0.05, 0.1) is 35.5 Å². The van der Waals surface area contributed by atoms with E-state index in [4.69, 9.17) is 9.84 Å². The predicted octanol–water partition coefficient (Wildman–Crippen LogP) is 0.613. The van der Waals surface area contributed by atoms with Gasteiger partial charge in [0.1, 0.15) is 12.2 Å². The van der Waals surface area contributed by atoms with Crippen LogP contribution in [-0.4, -0.2) is 81.6 Å². The average Bonchev–Trinajstić information content (AvgIpc) is 3.02. The average molecular weight is 475 g/mol. The van der Waals surface area contributed by atoms with Gasteiger partial charge in [-0.05, 0) is 25.0 Å². The zero-order valence-corrected chi connectivity index (χ0v) is 18.6. The van der Waals surface area contributed by atoms with Crippen molar-refractivity contribution in [1.29, 1.82) is 0 Å². The van der Waals surface area contributed by atoms with E-state index in [1.54, 1.807) is 13.1 Å². The topological polar surface area (TPSA) is 126 Å². The number of fused-ring (bicyclic) bond motifs is 1. The van der Waals surface area contributed by atoms with Crippen LogP contribution < -0.4 is 15.9 Å². The Bertz CT molecular complexity index is 1220. The van der Waals surface area contributed by atoms with Crippen molar-refractivity contribution in [3.63, 3.8) is 0 Å². The number of nitrogens with one attached hydrogen (secondary N) is 1. The molecule has 11 nitrogen and oxygen atoms in total. The SMILES string of the molecule is Cn1c(=O)n(C2CCC(=O)NC2=O)c2cccc(N3CC(O[C@H]4CCN(C(=O)O)C[C@H]4F)C3)c21. The second-order valence-corrected chi connectivity index (χ2v) is 9.06. The lowest BCUT2D eigenvalue weighted by atomic mass is 10.0. The molecule has 0 saturated carbocycles. The van der Waals surface area contributed by atoms with Gasteiger partial charge in [-0.1, -0.05) is 6.07 Å². The first-order valence-electron chi connectivity index (χ1n) is 11.3. The van der Waals surface area contributed by atoms with Crippen molar-refractivity contribution in [3.8, 4) is 0 Å². The number of rotatable bonds is 4. The number of likely N-dealkylation sites (tertiary alicyclic amines) is 1. The zero-order chi connectivity index (χ0) is 24.1. The van der Waals surface area contributed by atoms with Gasteiger partial charge >= 0.3 is 11.8 Å². The predicted molar refractivity (Wildman–Crippen MR) is 119 cm³/mol. The number of hydrogen-bond acceptors (Lipinski definition) is 6. The van der Waals surface area contributed by atoms with Crippen LogP contribution in [-0.2, 0) is 21.4 Å². The number of amides is 3. The summed E-state index contributed by atoms with van der Waals surface area (Å²) in [6, 6.07) is 4.72. The van der Waals surface area contributed by atoms with Crippen molar-refractivity contribution in [2.45, 2.75) is 43.7 Å². The summed E-state index contributed by atoms with van der Waals surface area (Å²) in [5.74, 6) is -0.825. The minimum atomic E-state index is -1.37. The summed E-state index contributed by atoms with van der Waals surface area (Å²) < 4.78 is 23.3. The number of piperidine rings is 2. The van der Waals surface area contributed by atoms with E-state index in [1.807, 2.05) is 17.0 Å². The molecular formula is C22H26FN5O6. The molecule has 12 heteroatoms. The number of benzene rings is 1. The van der Waals surface area contributed by atoms with Crippen LogP contribution in [0.5, 0.6) is 0 Å². The standard InChI is InChI=1S/C22H26FN5O6/c1-25-19-14(27-9-12(10-27)34-17-7-8-26(22(32)33)11-13(17)23)3-2-4-15(19)28(21(25)31)16-5-6-18(29)24-20(16)30/h2-4,12-13,16-17H,5-11H2,1H3,(H,32,33)(H,24,29,30)/t13-,16?,17+/m1/s1. The van der Waals surface area contributed by atoms with Crippen LogP contribution in [0.3, 0.4) is 0 Å². The Morgan fingerprint density at radius 2 is 1.94 bits per heavy atom. The lowest BCUT2D eigenvalue weighted by Crippen LogP contribution is -2.56. The number of aromatic nitrogens is 2. The third-order valence-electron chi connectivity index (χ3n) is 6.91. The summed E-state index contributed by atoms with van der Waals surface area (Å²) in [6.07, 6.45) is -2.60. The van der Waals surface area contributed by atoms with Gasteiger partial charge in [-0.25, -0.2) is 14.0 Å². The van der Waals surface area contributed by atoms with E-state index >= 15 is 0 Å². The molecule has 2 aromatic rings. The van der Waals surface area contributed by atoms with Gasteiger partial charge in [0, 0.05) is 33.1 Å². The maximum absolute atomic E-state index is 14.4. The fourth-order valence-corrected chi connectivity index (χ4v) is 5.08. The molecule has 0 radical (unpaired) electrons. The number of halogens is 1. The smallest absolute Gasteiger partial charge is 0.407 e. The number of aryl methyl sites for hydroxylation is 1. The van der Waals surface area contributed by atoms with E-state index in [9.17, 15) is 23.6 Å². The highest BCUT2D eigenvalue weighted by Gasteiger charge is 2.38. The summed E-state index contributed by atoms with van der Waals surface area (Å²) in [5.41, 5.74) is 1.75. The maximum Gasteiger partial charge on any atom is 0.407 e. The van der Waals surface area contributed by atoms with Crippen molar-refractivity contribution in [1.82, 2.24) is 19.4 Å². The number of imidazole rings is 1. The second kappa shape index (κ2) is 8.42. The highest BCUT2D eigenvalue weighted by atomic mass is 19.1. The monoisotopic (exact) mass is 475 g/mol. The largest absolute Gasteiger partial charge is 0.465 e. The Hall–Kier alpha value is -3.41. The summed E-state index contributed by atoms with van der Waals surface area (Å²) in [7, 11) is 1.65. The third-order valence-corrected chi connectivity index (χ3v) is 6.91. The minimum Gasteiger partial charge on any atom is -0.465 e. The molecule has 5 rings (SSSR count). The van der Waals surface area contributed by atoms with Crippen molar-refractivity contribution >= 4 is 34.6 Å². The van der Waals surface area contributed by atoms with Gasteiger partial charge in [-0.15, -0.1) is 0 Å². The normalized spacial score (nSPS) is 26.0. The quantitative estimate of drug-likeness (QED) is 0.621. The van der Waals surface area contributed by atoms with E-state index < -0.39 is 30.3 Å². The molecule has 3 saturated heterocycles. The molecule has 1 aromatic carbocycles. The van der Waals surface area contributed by atoms with E-state index in [0.29, 0.717) is 30.5 Å². The van der Waals surface area contributed by atoms with Crippen LogP contribution in [0.2, 0.25) is 0 Å². The van der Waals surface area contributed by atoms with Gasteiger partial charge in [0.15, 0.2) is 0 Å². The maximum atomic E-state index is 14.4. The molecule has 3 aliphatic heterocycles. The fraction of sp³-hybridized carbons (Fsp3) is 0.545. The lowest BCUT2D eigenvalue weighted by molar-refractivity contribution is -0.135. The van der Waals surface area contributed by atoms with Gasteiger partial charge in [-0.2, -0.15) is 0 Å². The van der Waals surface area contributed by atoms with Crippen molar-refractivity contribution in [3.05, 3.63) is 28.7 Å². The number of hydrogen-bond donors (Lipinski definition) is 2. The first-order chi connectivity index (χ1) is 16.2. The first-order valence-corrected chi connectivity index (χ1v) is 11.3. The van der Waals surface area contributed by atoms with Crippen LogP contribution in [0.25, 0.3) is 11.0 Å². The van der Waals surface area contributed by atoms with Crippen LogP contribution in [0.15, 0.2) is 23.0 Å². The van der Waals surface area contributed by atoms with E-state index in [2.05, 4.69) is 5.32 Å². The molecule has 0 aliphatic carbocycles. The van der Waals surface area contributed by atoms with Crippen LogP contribution in [0.4, 0.5) is 14.9 Å². The molecule has 3 amide bonds. The second-order valence-electron chi connectivity index (χ2n) is 9.06.